The van der Waals surface area contributed by atoms with Crippen molar-refractivity contribution in [3.05, 3.63) is 47.3 Å². The predicted octanol–water partition coefficient (Wildman–Crippen LogP) is 2.21. The van der Waals surface area contributed by atoms with Crippen molar-refractivity contribution >= 4 is 0 Å². The first-order chi connectivity index (χ1) is 7.70. The number of aromatic nitrogens is 2. The van der Waals surface area contributed by atoms with Crippen LogP contribution in [-0.4, -0.2) is 16.8 Å². The van der Waals surface area contributed by atoms with Gasteiger partial charge in [-0.1, -0.05) is 12.1 Å². The van der Waals surface area contributed by atoms with Crippen molar-refractivity contribution in [2.75, 3.05) is 7.05 Å². The Labute approximate surface area is 96.1 Å². The molecule has 0 saturated carbocycles. The van der Waals surface area contributed by atoms with E-state index < -0.39 is 0 Å². The maximum atomic E-state index is 4.34. The average molecular weight is 215 g/mol. The summed E-state index contributed by atoms with van der Waals surface area (Å²) in [6, 6.07) is 6.46. The first-order valence-corrected chi connectivity index (χ1v) is 5.46. The van der Waals surface area contributed by atoms with E-state index in [1.165, 1.54) is 16.7 Å². The van der Waals surface area contributed by atoms with Crippen LogP contribution in [0.5, 0.6) is 0 Å². The van der Waals surface area contributed by atoms with Gasteiger partial charge in [-0.25, -0.2) is 4.68 Å². The summed E-state index contributed by atoms with van der Waals surface area (Å²) in [5, 5.41) is 7.50. The molecule has 1 aromatic carbocycles. The summed E-state index contributed by atoms with van der Waals surface area (Å²) in [5.41, 5.74) is 4.85. The fourth-order valence-electron chi connectivity index (χ4n) is 1.76. The van der Waals surface area contributed by atoms with Crippen LogP contribution in [0.25, 0.3) is 5.69 Å². The number of hydrogen-bond acceptors (Lipinski definition) is 2. The first kappa shape index (κ1) is 10.9. The second kappa shape index (κ2) is 4.49. The molecule has 1 N–H and O–H groups in total. The number of benzene rings is 1. The van der Waals surface area contributed by atoms with E-state index in [9.17, 15) is 0 Å². The lowest BCUT2D eigenvalue weighted by atomic mass is 10.1. The maximum absolute atomic E-state index is 4.34. The van der Waals surface area contributed by atoms with Crippen molar-refractivity contribution in [2.24, 2.45) is 0 Å². The third-order valence-corrected chi connectivity index (χ3v) is 2.61. The Balaban J connectivity index is 2.42. The van der Waals surface area contributed by atoms with Crippen LogP contribution < -0.4 is 5.32 Å². The Morgan fingerprint density at radius 2 is 2.12 bits per heavy atom. The number of rotatable bonds is 3. The molecule has 1 aromatic heterocycles. The van der Waals surface area contributed by atoms with Gasteiger partial charge in [0.25, 0.3) is 0 Å². The van der Waals surface area contributed by atoms with E-state index in [0.29, 0.717) is 0 Å². The minimum Gasteiger partial charge on any atom is -0.316 e. The van der Waals surface area contributed by atoms with Crippen LogP contribution in [0, 0.1) is 13.8 Å². The van der Waals surface area contributed by atoms with Crippen LogP contribution in [-0.2, 0) is 6.54 Å². The fraction of sp³-hybridized carbons (Fsp3) is 0.308. The van der Waals surface area contributed by atoms with Gasteiger partial charge in [-0.3, -0.25) is 0 Å². The van der Waals surface area contributed by atoms with Crippen molar-refractivity contribution in [2.45, 2.75) is 20.4 Å². The maximum Gasteiger partial charge on any atom is 0.0678 e. The molecule has 2 aromatic rings. The monoisotopic (exact) mass is 215 g/mol. The molecular formula is C13H17N3. The molecule has 3 nitrogen and oxygen atoms in total. The van der Waals surface area contributed by atoms with E-state index >= 15 is 0 Å². The molecule has 3 heteroatoms. The molecule has 0 aliphatic heterocycles. The van der Waals surface area contributed by atoms with Gasteiger partial charge in [-0.05, 0) is 43.7 Å². The molecule has 0 saturated heterocycles. The molecule has 0 unspecified atom stereocenters. The second-order valence-electron chi connectivity index (χ2n) is 4.11. The van der Waals surface area contributed by atoms with Gasteiger partial charge >= 0.3 is 0 Å². The summed E-state index contributed by atoms with van der Waals surface area (Å²) >= 11 is 0. The van der Waals surface area contributed by atoms with Crippen LogP contribution in [0.15, 0.2) is 30.6 Å². The van der Waals surface area contributed by atoms with Crippen molar-refractivity contribution in [3.63, 3.8) is 0 Å². The highest BCUT2D eigenvalue weighted by molar-refractivity contribution is 5.43. The van der Waals surface area contributed by atoms with E-state index in [4.69, 9.17) is 0 Å². The van der Waals surface area contributed by atoms with E-state index in [2.05, 4.69) is 42.5 Å². The predicted molar refractivity (Wildman–Crippen MR) is 65.8 cm³/mol. The molecule has 0 radical (unpaired) electrons. The fourth-order valence-corrected chi connectivity index (χ4v) is 1.76. The Morgan fingerprint density at radius 3 is 2.75 bits per heavy atom. The standard InChI is InChI=1S/C13H17N3/c1-10-7-15-16(9-10)13-6-12(8-14-3)5-4-11(13)2/h4-7,9,14H,8H2,1-3H3. The van der Waals surface area contributed by atoms with Gasteiger partial charge in [0.2, 0.25) is 0 Å². The third kappa shape index (κ3) is 2.14. The highest BCUT2D eigenvalue weighted by Crippen LogP contribution is 2.16. The van der Waals surface area contributed by atoms with Crippen molar-refractivity contribution in [1.82, 2.24) is 15.1 Å². The molecule has 0 aliphatic carbocycles. The molecule has 0 bridgehead atoms. The highest BCUT2D eigenvalue weighted by Gasteiger charge is 2.03. The molecule has 0 amide bonds. The molecule has 2 rings (SSSR count). The third-order valence-electron chi connectivity index (χ3n) is 2.61. The number of hydrogen-bond donors (Lipinski definition) is 1. The SMILES string of the molecule is CNCc1ccc(C)c(-n2cc(C)cn2)c1. The van der Waals surface area contributed by atoms with E-state index in [0.717, 1.165) is 12.2 Å². The quantitative estimate of drug-likeness (QED) is 0.850. The molecule has 0 spiro atoms. The van der Waals surface area contributed by atoms with E-state index in [1.807, 2.05) is 24.1 Å². The topological polar surface area (TPSA) is 29.9 Å². The van der Waals surface area contributed by atoms with Crippen molar-refractivity contribution in [1.29, 1.82) is 0 Å². The lowest BCUT2D eigenvalue weighted by Gasteiger charge is -2.08. The molecule has 16 heavy (non-hydrogen) atoms. The Bertz CT molecular complexity index is 486. The average Bonchev–Trinajstić information content (AvgIpc) is 2.68. The second-order valence-corrected chi connectivity index (χ2v) is 4.11. The normalized spacial score (nSPS) is 10.7. The van der Waals surface area contributed by atoms with Crippen molar-refractivity contribution < 1.29 is 0 Å². The largest absolute Gasteiger partial charge is 0.316 e. The summed E-state index contributed by atoms with van der Waals surface area (Å²) in [6.07, 6.45) is 3.93. The van der Waals surface area contributed by atoms with E-state index in [1.54, 1.807) is 0 Å². The first-order valence-electron chi connectivity index (χ1n) is 5.46. The van der Waals surface area contributed by atoms with Gasteiger partial charge in [0.15, 0.2) is 0 Å². The molecule has 0 aliphatic rings. The van der Waals surface area contributed by atoms with Gasteiger partial charge in [0, 0.05) is 12.7 Å². The van der Waals surface area contributed by atoms with Gasteiger partial charge in [-0.2, -0.15) is 5.10 Å². The number of nitrogens with one attached hydrogen (secondary N) is 1. The van der Waals surface area contributed by atoms with Crippen LogP contribution in [0.4, 0.5) is 0 Å². The lowest BCUT2D eigenvalue weighted by Crippen LogP contribution is -2.06. The zero-order valence-corrected chi connectivity index (χ0v) is 9.99. The number of nitrogens with zero attached hydrogens (tertiary/aromatic N) is 2. The smallest absolute Gasteiger partial charge is 0.0678 e. The molecule has 0 atom stereocenters. The lowest BCUT2D eigenvalue weighted by molar-refractivity contribution is 0.809. The zero-order valence-electron chi connectivity index (χ0n) is 9.99. The Hall–Kier alpha value is -1.61. The summed E-state index contributed by atoms with van der Waals surface area (Å²) in [6.45, 7) is 5.04. The van der Waals surface area contributed by atoms with E-state index in [-0.39, 0.29) is 0 Å². The van der Waals surface area contributed by atoms with Gasteiger partial charge in [0.05, 0.1) is 11.9 Å². The van der Waals surface area contributed by atoms with Crippen LogP contribution in [0.1, 0.15) is 16.7 Å². The summed E-state index contributed by atoms with van der Waals surface area (Å²) in [5.74, 6) is 0. The molecule has 84 valence electrons. The van der Waals surface area contributed by atoms with Crippen LogP contribution >= 0.6 is 0 Å². The Kier molecular flexibility index (Phi) is 3.06. The van der Waals surface area contributed by atoms with Crippen LogP contribution in [0.2, 0.25) is 0 Å². The number of aryl methyl sites for hydroxylation is 2. The minimum absolute atomic E-state index is 0.882. The molecule has 0 fully saturated rings. The Morgan fingerprint density at radius 1 is 1.31 bits per heavy atom. The summed E-state index contributed by atoms with van der Waals surface area (Å²) < 4.78 is 1.93. The zero-order chi connectivity index (χ0) is 11.5. The summed E-state index contributed by atoms with van der Waals surface area (Å²) in [7, 11) is 1.96. The van der Waals surface area contributed by atoms with Gasteiger partial charge < -0.3 is 5.32 Å². The molecule has 1 heterocycles. The summed E-state index contributed by atoms with van der Waals surface area (Å²) in [4.78, 5) is 0. The molecular weight excluding hydrogens is 198 g/mol. The van der Waals surface area contributed by atoms with Gasteiger partial charge in [0.1, 0.15) is 0 Å². The van der Waals surface area contributed by atoms with Crippen LogP contribution in [0.3, 0.4) is 0 Å². The minimum atomic E-state index is 0.882. The van der Waals surface area contributed by atoms with Crippen molar-refractivity contribution in [3.8, 4) is 5.69 Å². The van der Waals surface area contributed by atoms with Gasteiger partial charge in [-0.15, -0.1) is 0 Å². The highest BCUT2D eigenvalue weighted by atomic mass is 15.3.